The van der Waals surface area contributed by atoms with Gasteiger partial charge in [-0.15, -0.1) is 0 Å². The highest BCUT2D eigenvalue weighted by Crippen LogP contribution is 2.46. The fourth-order valence-electron chi connectivity index (χ4n) is 2.95. The normalized spacial score (nSPS) is 23.8. The van der Waals surface area contributed by atoms with Crippen molar-refractivity contribution in [3.8, 4) is 0 Å². The molecule has 0 spiro atoms. The number of amides is 1. The lowest BCUT2D eigenvalue weighted by Crippen LogP contribution is -2.41. The van der Waals surface area contributed by atoms with Gasteiger partial charge in [0.05, 0.1) is 22.5 Å². The largest absolute Gasteiger partial charge is 0.526 e. The molecule has 2 heterocycles. The van der Waals surface area contributed by atoms with Crippen LogP contribution in [0.2, 0.25) is 0 Å². The maximum atomic E-state index is 15.2. The Hall–Kier alpha value is -1.18. The molecule has 1 fully saturated rings. The van der Waals surface area contributed by atoms with Gasteiger partial charge in [0.15, 0.2) is 0 Å². The van der Waals surface area contributed by atoms with Gasteiger partial charge in [0.2, 0.25) is 0 Å². The van der Waals surface area contributed by atoms with Gasteiger partial charge in [-0.3, -0.25) is 4.79 Å². The van der Waals surface area contributed by atoms with Crippen molar-refractivity contribution in [2.45, 2.75) is 45.8 Å². The first-order chi connectivity index (χ1) is 11.0. The standard InChI is InChI=1S/C17H20BBrFNO3/c1-9-7-10-12(15(22)21(6)13(10)11(19)8-9)14(20)18-23-16(2,3)17(4,5)24-18/h7-8H,1-6H3. The van der Waals surface area contributed by atoms with Crippen LogP contribution in [-0.2, 0) is 14.1 Å². The molecule has 0 aromatic heterocycles. The van der Waals surface area contributed by atoms with Gasteiger partial charge in [0, 0.05) is 17.1 Å². The van der Waals surface area contributed by atoms with Crippen molar-refractivity contribution in [1.29, 1.82) is 0 Å². The van der Waals surface area contributed by atoms with Crippen molar-refractivity contribution >= 4 is 40.2 Å². The van der Waals surface area contributed by atoms with Crippen LogP contribution in [0.25, 0.3) is 5.57 Å². The van der Waals surface area contributed by atoms with Crippen LogP contribution >= 0.6 is 15.9 Å². The number of hydrogen-bond donors (Lipinski definition) is 0. The van der Waals surface area contributed by atoms with Gasteiger partial charge in [-0.05, 0) is 68.2 Å². The van der Waals surface area contributed by atoms with Crippen LogP contribution < -0.4 is 4.90 Å². The molecule has 0 radical (unpaired) electrons. The number of nitrogens with zero attached hydrogens (tertiary/aromatic N) is 1. The predicted molar refractivity (Wildman–Crippen MR) is 96.4 cm³/mol. The van der Waals surface area contributed by atoms with Crippen molar-refractivity contribution < 1.29 is 18.5 Å². The van der Waals surface area contributed by atoms with Gasteiger partial charge in [-0.1, -0.05) is 0 Å². The van der Waals surface area contributed by atoms with Crippen molar-refractivity contribution in [3.63, 3.8) is 0 Å². The number of rotatable bonds is 1. The fraction of sp³-hybridized carbons (Fsp3) is 0.471. The molecule has 0 N–H and O–H groups in total. The van der Waals surface area contributed by atoms with E-state index in [1.807, 2.05) is 46.8 Å². The first kappa shape index (κ1) is 17.6. The molecule has 1 saturated heterocycles. The molecule has 0 atom stereocenters. The molecule has 1 aromatic carbocycles. The van der Waals surface area contributed by atoms with Crippen molar-refractivity contribution in [2.24, 2.45) is 0 Å². The molecule has 1 amide bonds. The second-order valence-electron chi connectivity index (χ2n) is 7.32. The number of carbonyl (C=O) groups is 1. The summed E-state index contributed by atoms with van der Waals surface area (Å²) in [7, 11) is 0.443. The molecule has 4 nitrogen and oxygen atoms in total. The molecule has 7 heteroatoms. The van der Waals surface area contributed by atoms with E-state index in [0.29, 0.717) is 11.3 Å². The minimum absolute atomic E-state index is 0.00963. The monoisotopic (exact) mass is 395 g/mol. The summed E-state index contributed by atoms with van der Waals surface area (Å²) in [5, 5.41) is 0. The third-order valence-corrected chi connectivity index (χ3v) is 5.63. The van der Waals surface area contributed by atoms with E-state index in [1.54, 1.807) is 7.05 Å². The smallest absolute Gasteiger partial charge is 0.398 e. The molecule has 0 bridgehead atoms. The molecule has 2 aliphatic heterocycles. The summed E-state index contributed by atoms with van der Waals surface area (Å²) in [6.07, 6.45) is 0. The van der Waals surface area contributed by atoms with Crippen molar-refractivity contribution in [1.82, 2.24) is 0 Å². The van der Waals surface area contributed by atoms with E-state index in [9.17, 15) is 4.79 Å². The van der Waals surface area contributed by atoms with Gasteiger partial charge < -0.3 is 14.2 Å². The van der Waals surface area contributed by atoms with Gasteiger partial charge in [0.1, 0.15) is 5.73 Å². The maximum Gasteiger partial charge on any atom is 0.526 e. The maximum absolute atomic E-state index is 15.2. The Morgan fingerprint density at radius 1 is 1.21 bits per heavy atom. The zero-order chi connectivity index (χ0) is 18.0. The summed E-state index contributed by atoms with van der Waals surface area (Å²) >= 11 is 3.46. The minimum atomic E-state index is -1.19. The Kier molecular flexibility index (Phi) is 3.98. The van der Waals surface area contributed by atoms with Crippen LogP contribution in [0, 0.1) is 6.92 Å². The fourth-order valence-corrected chi connectivity index (χ4v) is 3.79. The second-order valence-corrected chi connectivity index (χ2v) is 8.17. The number of likely N-dealkylation sites (N-methyl/N-ethyl adjacent to an activating group) is 1. The van der Waals surface area contributed by atoms with E-state index >= 15 is 4.39 Å². The summed E-state index contributed by atoms with van der Waals surface area (Å²) < 4.78 is 27.5. The lowest BCUT2D eigenvalue weighted by Gasteiger charge is -2.32. The van der Waals surface area contributed by atoms with E-state index in [4.69, 9.17) is 9.31 Å². The first-order valence-electron chi connectivity index (χ1n) is 7.80. The molecule has 2 aliphatic rings. The second kappa shape index (κ2) is 5.41. The lowest BCUT2D eigenvalue weighted by molar-refractivity contribution is -0.112. The van der Waals surface area contributed by atoms with Crippen LogP contribution in [-0.4, -0.2) is 31.3 Å². The predicted octanol–water partition coefficient (Wildman–Crippen LogP) is 4.05. The SMILES string of the molecule is Cc1cc(Br)c2c(c1)C(=C(F)B1OC(C)(C)C(C)(C)O1)C(=O)N2C. The third kappa shape index (κ3) is 2.45. The molecule has 128 valence electrons. The number of fused-ring (bicyclic) bond motifs is 1. The van der Waals surface area contributed by atoms with Crippen LogP contribution in [0.1, 0.15) is 38.8 Å². The van der Waals surface area contributed by atoms with E-state index < -0.39 is 30.0 Å². The number of hydrogen-bond acceptors (Lipinski definition) is 3. The first-order valence-corrected chi connectivity index (χ1v) is 8.59. The Morgan fingerprint density at radius 3 is 2.29 bits per heavy atom. The number of carbonyl (C=O) groups excluding carboxylic acids is 1. The average Bonchev–Trinajstić information content (AvgIpc) is 2.80. The van der Waals surface area contributed by atoms with Crippen molar-refractivity contribution in [2.75, 3.05) is 11.9 Å². The molecule has 24 heavy (non-hydrogen) atoms. The Bertz CT molecular complexity index is 759. The van der Waals surface area contributed by atoms with E-state index in [-0.39, 0.29) is 5.57 Å². The van der Waals surface area contributed by atoms with Gasteiger partial charge >= 0.3 is 7.12 Å². The highest BCUT2D eigenvalue weighted by Gasteiger charge is 2.54. The number of benzene rings is 1. The molecule has 3 rings (SSSR count). The Balaban J connectivity index is 2.13. The minimum Gasteiger partial charge on any atom is -0.398 e. The number of halogens is 2. The van der Waals surface area contributed by atoms with E-state index in [2.05, 4.69) is 15.9 Å². The topological polar surface area (TPSA) is 38.8 Å². The molecular formula is C17H20BBrFNO3. The summed E-state index contributed by atoms with van der Waals surface area (Å²) in [5.74, 6) is -0.400. The van der Waals surface area contributed by atoms with Gasteiger partial charge in [-0.2, -0.15) is 0 Å². The van der Waals surface area contributed by atoms with Crippen LogP contribution in [0.4, 0.5) is 10.1 Å². The van der Waals surface area contributed by atoms with Crippen molar-refractivity contribution in [3.05, 3.63) is 33.5 Å². The molecule has 0 saturated carbocycles. The Labute approximate surface area is 150 Å². The van der Waals surface area contributed by atoms with Crippen LogP contribution in [0.5, 0.6) is 0 Å². The summed E-state index contributed by atoms with van der Waals surface area (Å²) in [6.45, 7) is 9.30. The van der Waals surface area contributed by atoms with E-state index in [0.717, 1.165) is 10.0 Å². The summed E-state index contributed by atoms with van der Waals surface area (Å²) in [6, 6.07) is 3.71. The highest BCUT2D eigenvalue weighted by atomic mass is 79.9. The number of anilines is 1. The summed E-state index contributed by atoms with van der Waals surface area (Å²) in [5.41, 5.74) is 0.145. The number of aryl methyl sites for hydroxylation is 1. The quantitative estimate of drug-likeness (QED) is 0.532. The molecular weight excluding hydrogens is 376 g/mol. The average molecular weight is 396 g/mol. The molecule has 0 aliphatic carbocycles. The zero-order valence-electron chi connectivity index (χ0n) is 14.7. The van der Waals surface area contributed by atoms with Gasteiger partial charge in [0.25, 0.3) is 5.91 Å². The van der Waals surface area contributed by atoms with Crippen LogP contribution in [0.3, 0.4) is 0 Å². The van der Waals surface area contributed by atoms with Gasteiger partial charge in [-0.25, -0.2) is 4.39 Å². The third-order valence-electron chi connectivity index (χ3n) is 5.03. The highest BCUT2D eigenvalue weighted by molar-refractivity contribution is 9.10. The lowest BCUT2D eigenvalue weighted by atomic mass is 9.83. The van der Waals surface area contributed by atoms with E-state index in [1.165, 1.54) is 4.90 Å². The molecule has 1 aromatic rings. The zero-order valence-corrected chi connectivity index (χ0v) is 16.2. The Morgan fingerprint density at radius 2 is 1.75 bits per heavy atom. The van der Waals surface area contributed by atoms with Crippen LogP contribution in [0.15, 0.2) is 22.3 Å². The molecule has 0 unspecified atom stereocenters. The summed E-state index contributed by atoms with van der Waals surface area (Å²) in [4.78, 5) is 14.1.